The van der Waals surface area contributed by atoms with Crippen molar-refractivity contribution in [2.24, 2.45) is 0 Å². The number of hydrogen-bond acceptors (Lipinski definition) is 8. The summed E-state index contributed by atoms with van der Waals surface area (Å²) in [5.74, 6) is -1.93. The predicted molar refractivity (Wildman–Crippen MR) is 108 cm³/mol. The maximum atomic E-state index is 12.3. The lowest BCUT2D eigenvalue weighted by Crippen LogP contribution is -2.32. The summed E-state index contributed by atoms with van der Waals surface area (Å²) in [6.07, 6.45) is -1.60. The van der Waals surface area contributed by atoms with Gasteiger partial charge in [0.25, 0.3) is 5.91 Å². The molecular weight excluding hydrogens is 475 g/mol. The van der Waals surface area contributed by atoms with Crippen molar-refractivity contribution in [3.63, 3.8) is 0 Å². The van der Waals surface area contributed by atoms with Crippen molar-refractivity contribution in [1.29, 1.82) is 0 Å². The number of amides is 2. The summed E-state index contributed by atoms with van der Waals surface area (Å²) >= 11 is 1.000. The Hall–Kier alpha value is -3.46. The van der Waals surface area contributed by atoms with Crippen LogP contribution in [0.25, 0.3) is 11.4 Å². The molecule has 15 heteroatoms. The summed E-state index contributed by atoms with van der Waals surface area (Å²) in [7, 11) is -3.54. The highest BCUT2D eigenvalue weighted by Gasteiger charge is 2.31. The van der Waals surface area contributed by atoms with Crippen LogP contribution in [-0.4, -0.2) is 53.3 Å². The fourth-order valence-corrected chi connectivity index (χ4v) is 3.63. The van der Waals surface area contributed by atoms with E-state index in [0.717, 1.165) is 33.8 Å². The number of rotatable bonds is 7. The second-order valence-electron chi connectivity index (χ2n) is 6.17. The molecule has 3 aromatic heterocycles. The molecule has 0 spiro atoms. The highest BCUT2D eigenvalue weighted by molar-refractivity contribution is 7.89. The molecule has 0 aliphatic rings. The van der Waals surface area contributed by atoms with Gasteiger partial charge in [-0.2, -0.15) is 0 Å². The van der Waals surface area contributed by atoms with Crippen LogP contribution in [0.5, 0.6) is 5.88 Å². The largest absolute Gasteiger partial charge is 0.574 e. The maximum Gasteiger partial charge on any atom is 0.574 e. The van der Waals surface area contributed by atoms with E-state index in [1.54, 1.807) is 0 Å². The van der Waals surface area contributed by atoms with Crippen molar-refractivity contribution in [3.8, 4) is 17.3 Å². The number of alkyl halides is 3. The topological polar surface area (TPSA) is 132 Å². The van der Waals surface area contributed by atoms with Gasteiger partial charge in [-0.1, -0.05) is 6.07 Å². The SMILES string of the molecule is CS(=O)(=O)n1ccc(C(=O)NCC(=O)Nc2nc(-c3cccc(OC(F)(F)F)n3)cs2)c1. The zero-order chi connectivity index (χ0) is 23.5. The fourth-order valence-electron chi connectivity index (χ4n) is 2.33. The first-order chi connectivity index (χ1) is 14.9. The first-order valence-corrected chi connectivity index (χ1v) is 11.3. The van der Waals surface area contributed by atoms with Crippen LogP contribution in [0.1, 0.15) is 10.4 Å². The van der Waals surface area contributed by atoms with Crippen LogP contribution in [0.4, 0.5) is 18.3 Å². The molecule has 0 aliphatic heterocycles. The second-order valence-corrected chi connectivity index (χ2v) is 8.92. The van der Waals surface area contributed by atoms with Crippen molar-refractivity contribution in [2.45, 2.75) is 6.36 Å². The van der Waals surface area contributed by atoms with E-state index in [1.165, 1.54) is 29.8 Å². The second kappa shape index (κ2) is 8.96. The van der Waals surface area contributed by atoms with Crippen LogP contribution in [-0.2, 0) is 14.8 Å². The monoisotopic (exact) mass is 489 g/mol. The molecule has 0 saturated carbocycles. The third-order valence-electron chi connectivity index (χ3n) is 3.68. The molecule has 0 fully saturated rings. The van der Waals surface area contributed by atoms with E-state index in [0.29, 0.717) is 0 Å². The van der Waals surface area contributed by atoms with Gasteiger partial charge in [-0.25, -0.2) is 18.4 Å². The molecule has 0 bridgehead atoms. The quantitative estimate of drug-likeness (QED) is 0.519. The number of nitrogens with zero attached hydrogens (tertiary/aromatic N) is 3. The maximum absolute atomic E-state index is 12.3. The number of halogens is 3. The van der Waals surface area contributed by atoms with E-state index < -0.39 is 40.6 Å². The molecule has 3 aromatic rings. The Morgan fingerprint density at radius 1 is 1.19 bits per heavy atom. The minimum absolute atomic E-state index is 0.0480. The van der Waals surface area contributed by atoms with E-state index in [9.17, 15) is 31.2 Å². The lowest BCUT2D eigenvalue weighted by atomic mass is 10.3. The zero-order valence-electron chi connectivity index (χ0n) is 16.1. The van der Waals surface area contributed by atoms with Crippen molar-refractivity contribution < 1.29 is 35.9 Å². The fraction of sp³-hybridized carbons (Fsp3) is 0.176. The number of nitrogens with one attached hydrogen (secondary N) is 2. The normalized spacial score (nSPS) is 11.8. The van der Waals surface area contributed by atoms with Crippen LogP contribution >= 0.6 is 11.3 Å². The molecule has 0 saturated heterocycles. The number of hydrogen-bond donors (Lipinski definition) is 2. The summed E-state index contributed by atoms with van der Waals surface area (Å²) in [4.78, 5) is 31.9. The first kappa shape index (κ1) is 23.2. The molecule has 0 atom stereocenters. The first-order valence-electron chi connectivity index (χ1n) is 8.56. The van der Waals surface area contributed by atoms with Gasteiger partial charge in [0.1, 0.15) is 5.69 Å². The van der Waals surface area contributed by atoms with Gasteiger partial charge in [0, 0.05) is 23.8 Å². The summed E-state index contributed by atoms with van der Waals surface area (Å²) in [5.41, 5.74) is 0.364. The van der Waals surface area contributed by atoms with Gasteiger partial charge in [0.2, 0.25) is 21.8 Å². The highest BCUT2D eigenvalue weighted by Crippen LogP contribution is 2.27. The average Bonchev–Trinajstić information content (AvgIpc) is 3.34. The number of thiazole rings is 1. The summed E-state index contributed by atoms with van der Waals surface area (Å²) < 4.78 is 64.5. The van der Waals surface area contributed by atoms with Crippen molar-refractivity contribution in [3.05, 3.63) is 47.6 Å². The number of anilines is 1. The lowest BCUT2D eigenvalue weighted by Gasteiger charge is -2.08. The van der Waals surface area contributed by atoms with Crippen LogP contribution in [0.3, 0.4) is 0 Å². The highest BCUT2D eigenvalue weighted by atomic mass is 32.2. The molecule has 3 heterocycles. The van der Waals surface area contributed by atoms with Gasteiger partial charge in [-0.05, 0) is 12.1 Å². The van der Waals surface area contributed by atoms with Gasteiger partial charge < -0.3 is 15.4 Å². The Morgan fingerprint density at radius 3 is 2.59 bits per heavy atom. The molecule has 3 rings (SSSR count). The Kier molecular flexibility index (Phi) is 6.50. The minimum Gasteiger partial charge on any atom is -0.388 e. The molecule has 0 aliphatic carbocycles. The number of ether oxygens (including phenoxy) is 1. The van der Waals surface area contributed by atoms with E-state index in [1.807, 2.05) is 0 Å². The van der Waals surface area contributed by atoms with Gasteiger partial charge in [0.05, 0.1) is 24.1 Å². The standard InChI is InChI=1S/C17H14F3N5O5S2/c1-32(28,29)25-6-5-10(8-25)15(27)21-7-13(26)24-16-23-12(9-31-16)11-3-2-4-14(22-11)30-17(18,19)20/h2-6,8-9H,7H2,1H3,(H,21,27)(H,23,24,26). The number of pyridine rings is 1. The summed E-state index contributed by atoms with van der Waals surface area (Å²) in [5, 5.41) is 6.37. The molecule has 2 N–H and O–H groups in total. The van der Waals surface area contributed by atoms with Crippen molar-refractivity contribution >= 4 is 38.3 Å². The Labute approximate surface area is 183 Å². The van der Waals surface area contributed by atoms with Crippen LogP contribution in [0.15, 0.2) is 42.0 Å². The van der Waals surface area contributed by atoms with Gasteiger partial charge >= 0.3 is 6.36 Å². The Bertz CT molecular complexity index is 1250. The molecule has 0 aromatic carbocycles. The summed E-state index contributed by atoms with van der Waals surface area (Å²) in [6.45, 7) is -0.426. The number of aromatic nitrogens is 3. The number of carbonyl (C=O) groups is 2. The molecule has 0 radical (unpaired) electrons. The Morgan fingerprint density at radius 2 is 1.94 bits per heavy atom. The number of carbonyl (C=O) groups excluding carboxylic acids is 2. The van der Waals surface area contributed by atoms with Crippen LogP contribution in [0.2, 0.25) is 0 Å². The minimum atomic E-state index is -4.88. The van der Waals surface area contributed by atoms with Crippen LogP contribution < -0.4 is 15.4 Å². The van der Waals surface area contributed by atoms with Gasteiger partial charge in [-0.3, -0.25) is 13.6 Å². The smallest absolute Gasteiger partial charge is 0.388 e. The molecule has 0 unspecified atom stereocenters. The van der Waals surface area contributed by atoms with E-state index in [4.69, 9.17) is 0 Å². The van der Waals surface area contributed by atoms with E-state index >= 15 is 0 Å². The van der Waals surface area contributed by atoms with Crippen LogP contribution in [0, 0.1) is 0 Å². The predicted octanol–water partition coefficient (Wildman–Crippen LogP) is 2.08. The zero-order valence-corrected chi connectivity index (χ0v) is 17.7. The molecular formula is C17H14F3N5O5S2. The van der Waals surface area contributed by atoms with Crippen molar-refractivity contribution in [1.82, 2.24) is 19.3 Å². The molecule has 10 nitrogen and oxygen atoms in total. The average molecular weight is 489 g/mol. The lowest BCUT2D eigenvalue weighted by molar-refractivity contribution is -0.276. The third kappa shape index (κ3) is 6.27. The van der Waals surface area contributed by atoms with E-state index in [2.05, 4.69) is 25.3 Å². The van der Waals surface area contributed by atoms with Gasteiger partial charge in [-0.15, -0.1) is 24.5 Å². The summed E-state index contributed by atoms with van der Waals surface area (Å²) in [6, 6.07) is 5.06. The third-order valence-corrected chi connectivity index (χ3v) is 5.43. The van der Waals surface area contributed by atoms with Gasteiger partial charge in [0.15, 0.2) is 5.13 Å². The molecule has 32 heavy (non-hydrogen) atoms. The van der Waals surface area contributed by atoms with E-state index in [-0.39, 0.29) is 22.1 Å². The molecule has 170 valence electrons. The molecule has 2 amide bonds. The Balaban J connectivity index is 1.57. The van der Waals surface area contributed by atoms with Crippen molar-refractivity contribution in [2.75, 3.05) is 18.1 Å².